The second kappa shape index (κ2) is 5.34. The van der Waals surface area contributed by atoms with E-state index < -0.39 is 0 Å². The molecular weight excluding hydrogens is 214 g/mol. The molecule has 4 nitrogen and oxygen atoms in total. The monoisotopic (exact) mass is 237 g/mol. The van der Waals surface area contributed by atoms with Gasteiger partial charge in [-0.2, -0.15) is 5.10 Å². The minimum Gasteiger partial charge on any atom is -0.353 e. The van der Waals surface area contributed by atoms with Gasteiger partial charge in [0, 0.05) is 17.3 Å². The summed E-state index contributed by atoms with van der Waals surface area (Å²) >= 11 is 0. The van der Waals surface area contributed by atoms with Crippen LogP contribution in [0.1, 0.15) is 50.6 Å². The highest BCUT2D eigenvalue weighted by molar-refractivity contribution is 5.84. The maximum atomic E-state index is 12.1. The first-order valence-electron chi connectivity index (χ1n) is 6.16. The van der Waals surface area contributed by atoms with Crippen LogP contribution in [0.2, 0.25) is 0 Å². The third-order valence-corrected chi connectivity index (χ3v) is 3.38. The van der Waals surface area contributed by atoms with Crippen molar-refractivity contribution in [2.75, 3.05) is 0 Å². The summed E-state index contributed by atoms with van der Waals surface area (Å²) in [4.78, 5) is 12.1. The lowest BCUT2D eigenvalue weighted by Gasteiger charge is -2.20. The van der Waals surface area contributed by atoms with Crippen molar-refractivity contribution < 1.29 is 4.79 Å². The Morgan fingerprint density at radius 2 is 1.82 bits per heavy atom. The number of aryl methyl sites for hydroxylation is 2. The summed E-state index contributed by atoms with van der Waals surface area (Å²) in [5.41, 5.74) is 2.89. The number of carbonyl (C=O) groups excluding carboxylic acids is 1. The summed E-state index contributed by atoms with van der Waals surface area (Å²) in [6.45, 7) is 12.0. The van der Waals surface area contributed by atoms with Crippen molar-refractivity contribution in [2.45, 2.75) is 53.5 Å². The summed E-state index contributed by atoms with van der Waals surface area (Å²) in [5, 5.41) is 10.1. The molecule has 2 atom stereocenters. The minimum absolute atomic E-state index is 0.0683. The molecule has 2 N–H and O–H groups in total. The summed E-state index contributed by atoms with van der Waals surface area (Å²) in [5.74, 6) is 0.353. The van der Waals surface area contributed by atoms with Gasteiger partial charge in [-0.05, 0) is 33.6 Å². The number of rotatable bonds is 4. The van der Waals surface area contributed by atoms with E-state index in [-0.39, 0.29) is 17.9 Å². The number of hydrogen-bond acceptors (Lipinski definition) is 2. The van der Waals surface area contributed by atoms with E-state index in [4.69, 9.17) is 0 Å². The fourth-order valence-corrected chi connectivity index (χ4v) is 1.84. The number of nitrogens with one attached hydrogen (secondary N) is 2. The predicted octanol–water partition coefficient (Wildman–Crippen LogP) is 2.29. The first-order chi connectivity index (χ1) is 7.84. The van der Waals surface area contributed by atoms with E-state index in [0.717, 1.165) is 17.0 Å². The van der Waals surface area contributed by atoms with E-state index in [0.29, 0.717) is 5.92 Å². The molecule has 0 aromatic carbocycles. The van der Waals surface area contributed by atoms with Crippen LogP contribution in [0.15, 0.2) is 0 Å². The van der Waals surface area contributed by atoms with Crippen LogP contribution in [-0.4, -0.2) is 22.1 Å². The zero-order valence-electron chi connectivity index (χ0n) is 11.6. The lowest BCUT2D eigenvalue weighted by molar-refractivity contribution is -0.123. The Labute approximate surface area is 103 Å². The molecule has 0 aliphatic heterocycles. The number of amides is 1. The van der Waals surface area contributed by atoms with Crippen molar-refractivity contribution in [3.8, 4) is 0 Å². The van der Waals surface area contributed by atoms with E-state index in [9.17, 15) is 4.79 Å². The highest BCUT2D eigenvalue weighted by atomic mass is 16.1. The zero-order valence-corrected chi connectivity index (χ0v) is 11.6. The third kappa shape index (κ3) is 3.08. The molecule has 17 heavy (non-hydrogen) atoms. The Kier molecular flexibility index (Phi) is 4.32. The smallest absolute Gasteiger partial charge is 0.227 e. The van der Waals surface area contributed by atoms with E-state index in [1.165, 1.54) is 0 Å². The van der Waals surface area contributed by atoms with Crippen molar-refractivity contribution in [3.63, 3.8) is 0 Å². The van der Waals surface area contributed by atoms with Gasteiger partial charge in [0.25, 0.3) is 0 Å². The molecular formula is C13H23N3O. The topological polar surface area (TPSA) is 57.8 Å². The van der Waals surface area contributed by atoms with Gasteiger partial charge >= 0.3 is 0 Å². The van der Waals surface area contributed by atoms with Crippen molar-refractivity contribution in [2.24, 2.45) is 5.92 Å². The molecule has 0 spiro atoms. The molecule has 1 aromatic heterocycles. The number of H-pyrrole nitrogens is 1. The largest absolute Gasteiger partial charge is 0.353 e. The Hall–Kier alpha value is -1.32. The molecule has 0 aliphatic rings. The Morgan fingerprint density at radius 1 is 1.24 bits per heavy atom. The van der Waals surface area contributed by atoms with Crippen molar-refractivity contribution in [3.05, 3.63) is 17.0 Å². The maximum Gasteiger partial charge on any atom is 0.227 e. The van der Waals surface area contributed by atoms with Gasteiger partial charge in [0.05, 0.1) is 11.6 Å². The average Bonchev–Trinajstić information content (AvgIpc) is 2.57. The second-order valence-corrected chi connectivity index (χ2v) is 5.11. The number of carbonyl (C=O) groups is 1. The van der Waals surface area contributed by atoms with Crippen LogP contribution in [-0.2, 0) is 4.79 Å². The second-order valence-electron chi connectivity index (χ2n) is 5.11. The molecule has 0 fully saturated rings. The van der Waals surface area contributed by atoms with Gasteiger partial charge in [-0.15, -0.1) is 0 Å². The Morgan fingerprint density at radius 3 is 2.24 bits per heavy atom. The lowest BCUT2D eigenvalue weighted by Crippen LogP contribution is -2.38. The fraction of sp³-hybridized carbons (Fsp3) is 0.692. The summed E-state index contributed by atoms with van der Waals surface area (Å²) < 4.78 is 0. The first-order valence-corrected chi connectivity index (χ1v) is 6.16. The summed E-state index contributed by atoms with van der Waals surface area (Å²) in [6.07, 6.45) is 0. The van der Waals surface area contributed by atoms with E-state index in [2.05, 4.69) is 29.4 Å². The molecule has 1 heterocycles. The van der Waals surface area contributed by atoms with Crippen LogP contribution in [0.4, 0.5) is 0 Å². The molecule has 4 heteroatoms. The third-order valence-electron chi connectivity index (χ3n) is 3.38. The summed E-state index contributed by atoms with van der Waals surface area (Å²) in [7, 11) is 0. The minimum atomic E-state index is -0.157. The summed E-state index contributed by atoms with van der Waals surface area (Å²) in [6, 6.07) is 0.192. The highest BCUT2D eigenvalue weighted by Gasteiger charge is 2.22. The van der Waals surface area contributed by atoms with Gasteiger partial charge in [0.1, 0.15) is 0 Å². The quantitative estimate of drug-likeness (QED) is 0.844. The molecule has 0 saturated heterocycles. The van der Waals surface area contributed by atoms with Gasteiger partial charge < -0.3 is 5.32 Å². The van der Waals surface area contributed by atoms with Gasteiger partial charge in [-0.25, -0.2) is 0 Å². The number of aromatic nitrogens is 2. The SMILES string of the molecule is Cc1n[nH]c(C)c1[C@H](C)C(=O)N[C@@H](C)C(C)C. The van der Waals surface area contributed by atoms with Crippen LogP contribution in [0.25, 0.3) is 0 Å². The number of hydrogen-bond donors (Lipinski definition) is 2. The molecule has 0 aliphatic carbocycles. The number of aromatic amines is 1. The zero-order chi connectivity index (χ0) is 13.2. The molecule has 1 rings (SSSR count). The van der Waals surface area contributed by atoms with Crippen LogP contribution in [0, 0.1) is 19.8 Å². The Balaban J connectivity index is 2.77. The fourth-order valence-electron chi connectivity index (χ4n) is 1.84. The van der Waals surface area contributed by atoms with Crippen LogP contribution in [0.5, 0.6) is 0 Å². The predicted molar refractivity (Wildman–Crippen MR) is 68.9 cm³/mol. The highest BCUT2D eigenvalue weighted by Crippen LogP contribution is 2.21. The Bertz CT molecular complexity index is 376. The van der Waals surface area contributed by atoms with Crippen molar-refractivity contribution in [1.29, 1.82) is 0 Å². The molecule has 1 aromatic rings. The average molecular weight is 237 g/mol. The van der Waals surface area contributed by atoms with E-state index in [1.807, 2.05) is 27.7 Å². The first kappa shape index (κ1) is 13.7. The van der Waals surface area contributed by atoms with Crippen LogP contribution < -0.4 is 5.32 Å². The molecule has 96 valence electrons. The van der Waals surface area contributed by atoms with Crippen molar-refractivity contribution in [1.82, 2.24) is 15.5 Å². The van der Waals surface area contributed by atoms with Crippen molar-refractivity contribution >= 4 is 5.91 Å². The molecule has 0 saturated carbocycles. The van der Waals surface area contributed by atoms with E-state index >= 15 is 0 Å². The molecule has 0 radical (unpaired) electrons. The molecule has 0 bridgehead atoms. The van der Waals surface area contributed by atoms with E-state index in [1.54, 1.807) is 0 Å². The van der Waals surface area contributed by atoms with Crippen LogP contribution >= 0.6 is 0 Å². The molecule has 1 amide bonds. The lowest BCUT2D eigenvalue weighted by atomic mass is 9.97. The normalized spacial score (nSPS) is 14.8. The van der Waals surface area contributed by atoms with Gasteiger partial charge in [0.2, 0.25) is 5.91 Å². The van der Waals surface area contributed by atoms with Crippen LogP contribution in [0.3, 0.4) is 0 Å². The standard InChI is InChI=1S/C13H23N3O/c1-7(2)9(4)14-13(17)8(3)12-10(5)15-16-11(12)6/h7-9H,1-6H3,(H,14,17)(H,15,16)/t8-,9-/m0/s1. The number of nitrogens with zero attached hydrogens (tertiary/aromatic N) is 1. The van der Waals surface area contributed by atoms with Gasteiger partial charge in [-0.1, -0.05) is 13.8 Å². The maximum absolute atomic E-state index is 12.1. The van der Waals surface area contributed by atoms with Gasteiger partial charge in [-0.3, -0.25) is 9.89 Å². The molecule has 0 unspecified atom stereocenters. The van der Waals surface area contributed by atoms with Gasteiger partial charge in [0.15, 0.2) is 0 Å².